The van der Waals surface area contributed by atoms with Gasteiger partial charge in [-0.25, -0.2) is 4.98 Å². The second-order valence-electron chi connectivity index (χ2n) is 9.17. The van der Waals surface area contributed by atoms with Crippen LogP contribution in [0.3, 0.4) is 0 Å². The number of likely N-dealkylation sites (tertiary alicyclic amines) is 1. The van der Waals surface area contributed by atoms with Crippen molar-refractivity contribution in [1.29, 1.82) is 0 Å². The fourth-order valence-electron chi connectivity index (χ4n) is 4.66. The van der Waals surface area contributed by atoms with E-state index in [4.69, 9.17) is 4.98 Å². The minimum absolute atomic E-state index is 0.332. The van der Waals surface area contributed by atoms with Crippen molar-refractivity contribution in [3.63, 3.8) is 0 Å². The molecule has 1 aromatic heterocycles. The number of rotatable bonds is 7. The van der Waals surface area contributed by atoms with Crippen LogP contribution in [-0.4, -0.2) is 45.2 Å². The van der Waals surface area contributed by atoms with E-state index >= 15 is 0 Å². The Morgan fingerprint density at radius 2 is 1.61 bits per heavy atom. The number of piperidine rings is 1. The number of hydrogen-bond donors (Lipinski definition) is 2. The summed E-state index contributed by atoms with van der Waals surface area (Å²) < 4.78 is 2.32. The predicted octanol–water partition coefficient (Wildman–Crippen LogP) is 5.22. The molecular formula is C28H32N4O. The summed E-state index contributed by atoms with van der Waals surface area (Å²) in [6, 6.07) is 25.2. The SMILES string of the molecule is Cc1ccc(Cn2c(NC3CCN(CCc4ccc(O)cc4)CC3)nc3ccccc32)cc1. The molecule has 170 valence electrons. The Balaban J connectivity index is 1.23. The molecule has 0 atom stereocenters. The summed E-state index contributed by atoms with van der Waals surface area (Å²) in [7, 11) is 0. The van der Waals surface area contributed by atoms with Crippen molar-refractivity contribution in [2.75, 3.05) is 25.0 Å². The summed E-state index contributed by atoms with van der Waals surface area (Å²) in [6.45, 7) is 6.18. The number of aromatic hydroxyl groups is 1. The number of phenolic OH excluding ortho intramolecular Hbond substituents is 1. The summed E-state index contributed by atoms with van der Waals surface area (Å²) in [5.74, 6) is 1.30. The molecule has 2 heterocycles. The van der Waals surface area contributed by atoms with Crippen LogP contribution >= 0.6 is 0 Å². The van der Waals surface area contributed by atoms with Crippen molar-refractivity contribution in [2.45, 2.75) is 38.8 Å². The zero-order chi connectivity index (χ0) is 22.6. The number of imidazole rings is 1. The van der Waals surface area contributed by atoms with Crippen LogP contribution in [0.25, 0.3) is 11.0 Å². The van der Waals surface area contributed by atoms with Gasteiger partial charge < -0.3 is 19.9 Å². The highest BCUT2D eigenvalue weighted by molar-refractivity contribution is 5.78. The molecule has 1 fully saturated rings. The summed E-state index contributed by atoms with van der Waals surface area (Å²) in [6.07, 6.45) is 3.25. The van der Waals surface area contributed by atoms with Gasteiger partial charge in [-0.1, -0.05) is 54.1 Å². The molecule has 33 heavy (non-hydrogen) atoms. The lowest BCUT2D eigenvalue weighted by Gasteiger charge is -2.32. The minimum atomic E-state index is 0.332. The quantitative estimate of drug-likeness (QED) is 0.414. The highest BCUT2D eigenvalue weighted by Gasteiger charge is 2.21. The molecule has 0 aliphatic carbocycles. The van der Waals surface area contributed by atoms with E-state index in [0.717, 1.165) is 56.9 Å². The summed E-state index contributed by atoms with van der Waals surface area (Å²) in [5.41, 5.74) is 6.06. The minimum Gasteiger partial charge on any atom is -0.508 e. The highest BCUT2D eigenvalue weighted by Crippen LogP contribution is 2.24. The van der Waals surface area contributed by atoms with E-state index in [0.29, 0.717) is 11.8 Å². The number of anilines is 1. The summed E-state index contributed by atoms with van der Waals surface area (Å²) >= 11 is 0. The molecule has 1 saturated heterocycles. The zero-order valence-electron chi connectivity index (χ0n) is 19.2. The Labute approximate surface area is 195 Å². The van der Waals surface area contributed by atoms with Gasteiger partial charge in [-0.15, -0.1) is 0 Å². The van der Waals surface area contributed by atoms with Gasteiger partial charge in [0.15, 0.2) is 0 Å². The second-order valence-corrected chi connectivity index (χ2v) is 9.17. The highest BCUT2D eigenvalue weighted by atomic mass is 16.3. The van der Waals surface area contributed by atoms with Gasteiger partial charge in [0, 0.05) is 25.7 Å². The topological polar surface area (TPSA) is 53.3 Å². The molecule has 5 heteroatoms. The fourth-order valence-corrected chi connectivity index (χ4v) is 4.66. The van der Waals surface area contributed by atoms with E-state index in [1.165, 1.54) is 22.2 Å². The number of benzene rings is 3. The van der Waals surface area contributed by atoms with Gasteiger partial charge in [0.1, 0.15) is 5.75 Å². The van der Waals surface area contributed by atoms with Gasteiger partial charge in [0.2, 0.25) is 5.95 Å². The first kappa shape index (κ1) is 21.5. The van der Waals surface area contributed by atoms with E-state index in [1.807, 2.05) is 12.1 Å². The lowest BCUT2D eigenvalue weighted by molar-refractivity contribution is 0.221. The van der Waals surface area contributed by atoms with E-state index in [2.05, 4.69) is 70.2 Å². The van der Waals surface area contributed by atoms with E-state index in [1.54, 1.807) is 12.1 Å². The Kier molecular flexibility index (Phi) is 6.31. The first-order valence-electron chi connectivity index (χ1n) is 11.9. The lowest BCUT2D eigenvalue weighted by Crippen LogP contribution is -2.40. The zero-order valence-corrected chi connectivity index (χ0v) is 19.2. The molecule has 0 spiro atoms. The monoisotopic (exact) mass is 440 g/mol. The standard InChI is InChI=1S/C28H32N4O/c1-21-6-8-23(9-7-21)20-32-27-5-3-2-4-26(27)30-28(32)29-24-15-18-31(19-16-24)17-14-22-10-12-25(33)13-11-22/h2-13,24,33H,14-20H2,1H3,(H,29,30). The smallest absolute Gasteiger partial charge is 0.204 e. The average molecular weight is 441 g/mol. The Bertz CT molecular complexity index is 1190. The number of para-hydroxylation sites is 2. The number of phenols is 1. The van der Waals surface area contributed by atoms with Crippen molar-refractivity contribution in [3.05, 3.63) is 89.5 Å². The number of nitrogens with one attached hydrogen (secondary N) is 1. The van der Waals surface area contributed by atoms with E-state index < -0.39 is 0 Å². The van der Waals surface area contributed by atoms with Crippen molar-refractivity contribution in [1.82, 2.24) is 14.5 Å². The molecule has 5 nitrogen and oxygen atoms in total. The number of aromatic nitrogens is 2. The number of hydrogen-bond acceptors (Lipinski definition) is 4. The molecule has 0 amide bonds. The van der Waals surface area contributed by atoms with Gasteiger partial charge >= 0.3 is 0 Å². The molecule has 2 N–H and O–H groups in total. The maximum Gasteiger partial charge on any atom is 0.204 e. The van der Waals surface area contributed by atoms with Gasteiger partial charge in [-0.3, -0.25) is 0 Å². The third-order valence-electron chi connectivity index (χ3n) is 6.69. The molecule has 3 aromatic carbocycles. The predicted molar refractivity (Wildman–Crippen MR) is 135 cm³/mol. The molecular weight excluding hydrogens is 408 g/mol. The third kappa shape index (κ3) is 5.20. The summed E-state index contributed by atoms with van der Waals surface area (Å²) in [4.78, 5) is 7.48. The molecule has 0 bridgehead atoms. The van der Waals surface area contributed by atoms with Crippen LogP contribution in [0.2, 0.25) is 0 Å². The van der Waals surface area contributed by atoms with E-state index in [-0.39, 0.29) is 0 Å². The van der Waals surface area contributed by atoms with Gasteiger partial charge in [-0.05, 0) is 61.6 Å². The second kappa shape index (κ2) is 9.67. The molecule has 1 aliphatic rings. The normalized spacial score (nSPS) is 15.2. The number of aryl methyl sites for hydroxylation is 1. The van der Waals surface area contributed by atoms with Crippen LogP contribution in [0.1, 0.15) is 29.5 Å². The van der Waals surface area contributed by atoms with Crippen molar-refractivity contribution in [3.8, 4) is 5.75 Å². The maximum absolute atomic E-state index is 9.46. The fraction of sp³-hybridized carbons (Fsp3) is 0.321. The van der Waals surface area contributed by atoms with Gasteiger partial charge in [0.05, 0.1) is 17.6 Å². The third-order valence-corrected chi connectivity index (χ3v) is 6.69. The van der Waals surface area contributed by atoms with Crippen LogP contribution in [0.5, 0.6) is 5.75 Å². The van der Waals surface area contributed by atoms with Crippen molar-refractivity contribution < 1.29 is 5.11 Å². The number of fused-ring (bicyclic) bond motifs is 1. The maximum atomic E-state index is 9.46. The molecule has 0 unspecified atom stereocenters. The largest absolute Gasteiger partial charge is 0.508 e. The van der Waals surface area contributed by atoms with Crippen LogP contribution in [0.15, 0.2) is 72.8 Å². The molecule has 5 rings (SSSR count). The Morgan fingerprint density at radius 1 is 0.909 bits per heavy atom. The molecule has 0 saturated carbocycles. The first-order valence-corrected chi connectivity index (χ1v) is 11.9. The Morgan fingerprint density at radius 3 is 2.36 bits per heavy atom. The van der Waals surface area contributed by atoms with E-state index in [9.17, 15) is 5.11 Å². The van der Waals surface area contributed by atoms with Gasteiger partial charge in [0.25, 0.3) is 0 Å². The molecule has 0 radical (unpaired) electrons. The van der Waals surface area contributed by atoms with Crippen LogP contribution in [0.4, 0.5) is 5.95 Å². The summed E-state index contributed by atoms with van der Waals surface area (Å²) in [5, 5.41) is 13.2. The van der Waals surface area contributed by atoms with Crippen LogP contribution < -0.4 is 5.32 Å². The first-order chi connectivity index (χ1) is 16.1. The Hall–Kier alpha value is -3.31. The molecule has 4 aromatic rings. The van der Waals surface area contributed by atoms with Crippen molar-refractivity contribution >= 4 is 17.0 Å². The number of nitrogens with zero attached hydrogens (tertiary/aromatic N) is 3. The van der Waals surface area contributed by atoms with Crippen molar-refractivity contribution in [2.24, 2.45) is 0 Å². The van der Waals surface area contributed by atoms with Gasteiger partial charge in [-0.2, -0.15) is 0 Å². The van der Waals surface area contributed by atoms with Crippen LogP contribution in [-0.2, 0) is 13.0 Å². The lowest BCUT2D eigenvalue weighted by atomic mass is 10.0. The average Bonchev–Trinajstić information content (AvgIpc) is 3.18. The van der Waals surface area contributed by atoms with Crippen LogP contribution in [0, 0.1) is 6.92 Å². The molecule has 1 aliphatic heterocycles.